The van der Waals surface area contributed by atoms with E-state index >= 15 is 0 Å². The van der Waals surface area contributed by atoms with Crippen molar-refractivity contribution in [3.8, 4) is 0 Å². The number of allylic oxidation sites excluding steroid dienone is 2. The molecule has 2 rings (SSSR count). The summed E-state index contributed by atoms with van der Waals surface area (Å²) < 4.78 is 0. The molecule has 0 amide bonds. The van der Waals surface area contributed by atoms with Crippen LogP contribution < -0.4 is 0 Å². The Morgan fingerprint density at radius 2 is 2.06 bits per heavy atom. The second-order valence-corrected chi connectivity index (χ2v) is 3.70. The van der Waals surface area contributed by atoms with Gasteiger partial charge in [-0.15, -0.1) is 0 Å². The Bertz CT molecular complexity index is 609. The van der Waals surface area contributed by atoms with Crippen LogP contribution in [0.2, 0.25) is 0 Å². The van der Waals surface area contributed by atoms with E-state index in [1.165, 1.54) is 6.08 Å². The van der Waals surface area contributed by atoms with Gasteiger partial charge in [-0.1, -0.05) is 30.4 Å². The predicted molar refractivity (Wildman–Crippen MR) is 68.2 cm³/mol. The summed E-state index contributed by atoms with van der Waals surface area (Å²) in [7, 11) is 0. The first-order chi connectivity index (χ1) is 8.18. The molecule has 1 aromatic heterocycles. The van der Waals surface area contributed by atoms with Gasteiger partial charge in [0.25, 0.3) is 0 Å². The lowest BCUT2D eigenvalue weighted by Crippen LogP contribution is -1.80. The minimum absolute atomic E-state index is 0.480. The minimum atomic E-state index is -0.480. The molecule has 0 bridgehead atoms. The van der Waals surface area contributed by atoms with Gasteiger partial charge < -0.3 is 4.98 Å². The highest BCUT2D eigenvalue weighted by Crippen LogP contribution is 2.22. The molecule has 1 heterocycles. The van der Waals surface area contributed by atoms with Crippen LogP contribution >= 0.6 is 0 Å². The van der Waals surface area contributed by atoms with Gasteiger partial charge in [-0.05, 0) is 13.0 Å². The van der Waals surface area contributed by atoms with Crippen molar-refractivity contribution >= 4 is 17.0 Å². The summed E-state index contributed by atoms with van der Waals surface area (Å²) in [6, 6.07) is 7.97. The largest absolute Gasteiger partial charge is 0.358 e. The van der Waals surface area contributed by atoms with Crippen molar-refractivity contribution < 1.29 is 4.92 Å². The Morgan fingerprint density at radius 3 is 2.82 bits per heavy atom. The molecule has 0 atom stereocenters. The number of benzene rings is 1. The number of fused-ring (bicyclic) bond motifs is 1. The quantitative estimate of drug-likeness (QED) is 0.498. The number of hydrogen-bond donors (Lipinski definition) is 1. The van der Waals surface area contributed by atoms with Crippen LogP contribution in [0.5, 0.6) is 0 Å². The van der Waals surface area contributed by atoms with Crippen LogP contribution in [-0.2, 0) is 0 Å². The predicted octanol–water partition coefficient (Wildman–Crippen LogP) is 3.28. The van der Waals surface area contributed by atoms with Crippen molar-refractivity contribution in [2.75, 3.05) is 0 Å². The third-order valence-electron chi connectivity index (χ3n) is 2.53. The van der Waals surface area contributed by atoms with E-state index in [0.717, 1.165) is 28.4 Å². The molecule has 17 heavy (non-hydrogen) atoms. The summed E-state index contributed by atoms with van der Waals surface area (Å²) in [6.07, 6.45) is 5.88. The van der Waals surface area contributed by atoms with Gasteiger partial charge in [-0.25, -0.2) is 0 Å². The van der Waals surface area contributed by atoms with E-state index in [0.29, 0.717) is 0 Å². The third kappa shape index (κ3) is 2.42. The molecule has 1 aromatic carbocycles. The van der Waals surface area contributed by atoms with Gasteiger partial charge >= 0.3 is 0 Å². The average molecular weight is 228 g/mol. The fourth-order valence-corrected chi connectivity index (χ4v) is 1.78. The van der Waals surface area contributed by atoms with Gasteiger partial charge in [-0.3, -0.25) is 10.1 Å². The minimum Gasteiger partial charge on any atom is -0.358 e. The molecule has 0 unspecified atom stereocenters. The molecule has 1 N–H and O–H groups in total. The van der Waals surface area contributed by atoms with Crippen LogP contribution in [0.3, 0.4) is 0 Å². The lowest BCUT2D eigenvalue weighted by Gasteiger charge is -1.91. The number of para-hydroxylation sites is 1. The smallest absolute Gasteiger partial charge is 0.234 e. The number of nitrogens with one attached hydrogen (secondary N) is 1. The lowest BCUT2D eigenvalue weighted by atomic mass is 10.1. The zero-order chi connectivity index (χ0) is 12.3. The average Bonchev–Trinajstić information content (AvgIpc) is 2.60. The van der Waals surface area contributed by atoms with E-state index in [2.05, 4.69) is 4.98 Å². The summed E-state index contributed by atoms with van der Waals surface area (Å²) in [4.78, 5) is 12.9. The third-order valence-corrected chi connectivity index (χ3v) is 2.53. The number of aryl methyl sites for hydroxylation is 1. The molecule has 0 saturated carbocycles. The van der Waals surface area contributed by atoms with Crippen LogP contribution in [0.25, 0.3) is 17.0 Å². The summed E-state index contributed by atoms with van der Waals surface area (Å²) >= 11 is 0. The van der Waals surface area contributed by atoms with E-state index in [1.807, 2.05) is 37.3 Å². The first-order valence-corrected chi connectivity index (χ1v) is 5.24. The number of aromatic nitrogens is 1. The maximum Gasteiger partial charge on any atom is 0.234 e. The summed E-state index contributed by atoms with van der Waals surface area (Å²) in [5.74, 6) is 0. The monoisotopic (exact) mass is 228 g/mol. The molecule has 4 heteroatoms. The first kappa shape index (κ1) is 11.1. The maximum atomic E-state index is 10.1. The number of nitro groups is 1. The Kier molecular flexibility index (Phi) is 3.05. The molecule has 86 valence electrons. The molecule has 0 fully saturated rings. The number of hydrogen-bond acceptors (Lipinski definition) is 2. The fourth-order valence-electron chi connectivity index (χ4n) is 1.78. The van der Waals surface area contributed by atoms with Gasteiger partial charge in [0, 0.05) is 28.2 Å². The molecular weight excluding hydrogens is 216 g/mol. The SMILES string of the molecule is Cc1[nH]c2ccccc2c1/C=C/C=C/[N+](=O)[O-]. The van der Waals surface area contributed by atoms with Crippen LogP contribution in [0.4, 0.5) is 0 Å². The second-order valence-electron chi connectivity index (χ2n) is 3.70. The zero-order valence-corrected chi connectivity index (χ0v) is 9.38. The van der Waals surface area contributed by atoms with Crippen molar-refractivity contribution in [1.29, 1.82) is 0 Å². The molecule has 0 aliphatic carbocycles. The van der Waals surface area contributed by atoms with Gasteiger partial charge in [0.1, 0.15) is 0 Å². The van der Waals surface area contributed by atoms with Crippen LogP contribution in [0.15, 0.2) is 42.6 Å². The van der Waals surface area contributed by atoms with Crippen LogP contribution in [0.1, 0.15) is 11.3 Å². The highest BCUT2D eigenvalue weighted by molar-refractivity contribution is 5.90. The number of aromatic amines is 1. The topological polar surface area (TPSA) is 58.9 Å². The normalized spacial score (nSPS) is 11.8. The molecule has 0 radical (unpaired) electrons. The molecule has 2 aromatic rings. The highest BCUT2D eigenvalue weighted by Gasteiger charge is 2.03. The van der Waals surface area contributed by atoms with Gasteiger partial charge in [0.15, 0.2) is 0 Å². The van der Waals surface area contributed by atoms with Crippen LogP contribution in [0, 0.1) is 17.0 Å². The van der Waals surface area contributed by atoms with E-state index in [-0.39, 0.29) is 0 Å². The first-order valence-electron chi connectivity index (χ1n) is 5.24. The second kappa shape index (κ2) is 4.65. The lowest BCUT2D eigenvalue weighted by molar-refractivity contribution is -0.402. The molecule has 4 nitrogen and oxygen atoms in total. The zero-order valence-electron chi connectivity index (χ0n) is 9.38. The Labute approximate surface area is 98.4 Å². The summed E-state index contributed by atoms with van der Waals surface area (Å²) in [6.45, 7) is 1.98. The number of rotatable bonds is 3. The fraction of sp³-hybridized carbons (Fsp3) is 0.0769. The molecule has 0 aliphatic heterocycles. The number of H-pyrrole nitrogens is 1. The van der Waals surface area contributed by atoms with E-state index < -0.39 is 4.92 Å². The van der Waals surface area contributed by atoms with E-state index in [1.54, 1.807) is 6.08 Å². The molecular formula is C13H12N2O2. The maximum absolute atomic E-state index is 10.1. The molecule has 0 aliphatic rings. The standard InChI is InChI=1S/C13H12N2O2/c1-10-11(6-4-5-9-15(16)17)12-7-2-3-8-13(12)14-10/h2-9,14H,1H3/b6-4+,9-5+. The summed E-state index contributed by atoms with van der Waals surface area (Å²) in [5, 5.41) is 11.2. The highest BCUT2D eigenvalue weighted by atomic mass is 16.6. The Hall–Kier alpha value is -2.36. The number of nitrogens with zero attached hydrogens (tertiary/aromatic N) is 1. The Morgan fingerprint density at radius 1 is 1.29 bits per heavy atom. The summed E-state index contributed by atoms with van der Waals surface area (Å²) in [5.41, 5.74) is 3.19. The molecule has 0 saturated heterocycles. The van der Waals surface area contributed by atoms with Crippen molar-refractivity contribution in [1.82, 2.24) is 4.98 Å². The van der Waals surface area contributed by atoms with E-state index in [9.17, 15) is 10.1 Å². The van der Waals surface area contributed by atoms with Crippen molar-refractivity contribution in [2.45, 2.75) is 6.92 Å². The van der Waals surface area contributed by atoms with Crippen molar-refractivity contribution in [2.24, 2.45) is 0 Å². The van der Waals surface area contributed by atoms with Crippen molar-refractivity contribution in [3.05, 3.63) is 64.0 Å². The molecule has 0 spiro atoms. The Balaban J connectivity index is 2.35. The van der Waals surface area contributed by atoms with Gasteiger partial charge in [-0.2, -0.15) is 0 Å². The van der Waals surface area contributed by atoms with E-state index in [4.69, 9.17) is 0 Å². The van der Waals surface area contributed by atoms with Gasteiger partial charge in [0.05, 0.1) is 4.92 Å². The van der Waals surface area contributed by atoms with Gasteiger partial charge in [0.2, 0.25) is 6.20 Å². The van der Waals surface area contributed by atoms with Crippen molar-refractivity contribution in [3.63, 3.8) is 0 Å². The van der Waals surface area contributed by atoms with Crippen LogP contribution in [-0.4, -0.2) is 9.91 Å².